The molecule has 0 atom stereocenters. The molecule has 0 spiro atoms. The molecular formula is C22H36IN3O3S2. The minimum absolute atomic E-state index is 0.0324. The SMILES string of the molecule is CC.CC(C)N1C(=O)C=CC1=O.CC(C)NC(=O)CI.CC(C)SSc1ccccn1. The predicted octanol–water partition coefficient (Wildman–Crippen LogP) is 5.52. The lowest BCUT2D eigenvalue weighted by Crippen LogP contribution is -2.36. The van der Waals surface area contributed by atoms with E-state index in [0.29, 0.717) is 9.68 Å². The van der Waals surface area contributed by atoms with Crippen LogP contribution in [0.1, 0.15) is 55.4 Å². The summed E-state index contributed by atoms with van der Waals surface area (Å²) in [6.07, 6.45) is 4.41. The standard InChI is InChI=1S/C8H11NS2.C7H9NO2.C5H10INO.C2H6/c1-7(2)10-11-8-5-3-4-6-9-8;1-5(2)8-6(9)3-4-7(8)10;1-4(2)7-5(8)3-6;1-2/h3-7H,1-2H3;3-5H,1-2H3;4H,3H2,1-2H3,(H,7,8);1-2H3. The molecule has 9 heteroatoms. The summed E-state index contributed by atoms with van der Waals surface area (Å²) in [5.41, 5.74) is 0. The quantitative estimate of drug-likeness (QED) is 0.206. The number of amides is 3. The van der Waals surface area contributed by atoms with Crippen molar-refractivity contribution in [3.8, 4) is 0 Å². The molecule has 0 saturated heterocycles. The van der Waals surface area contributed by atoms with E-state index in [1.165, 1.54) is 17.1 Å². The molecule has 1 aliphatic rings. The summed E-state index contributed by atoms with van der Waals surface area (Å²) >= 11 is 2.03. The van der Waals surface area contributed by atoms with Gasteiger partial charge in [0.1, 0.15) is 5.03 Å². The number of pyridine rings is 1. The average Bonchev–Trinajstić information content (AvgIpc) is 3.07. The van der Waals surface area contributed by atoms with Crippen LogP contribution >= 0.6 is 44.2 Å². The molecule has 6 nitrogen and oxygen atoms in total. The van der Waals surface area contributed by atoms with E-state index in [0.717, 1.165) is 5.03 Å². The minimum atomic E-state index is -0.208. The first-order valence-corrected chi connectivity index (χ1v) is 14.0. The van der Waals surface area contributed by atoms with Crippen LogP contribution in [-0.2, 0) is 14.4 Å². The van der Waals surface area contributed by atoms with Gasteiger partial charge in [-0.15, -0.1) is 0 Å². The molecule has 1 aliphatic heterocycles. The smallest absolute Gasteiger partial charge is 0.253 e. The lowest BCUT2D eigenvalue weighted by atomic mass is 10.3. The number of rotatable bonds is 6. The van der Waals surface area contributed by atoms with Gasteiger partial charge >= 0.3 is 0 Å². The number of carbonyl (C=O) groups is 3. The molecule has 3 amide bonds. The second-order valence-corrected chi connectivity index (χ2v) is 10.3. The number of nitrogens with one attached hydrogen (secondary N) is 1. The monoisotopic (exact) mass is 581 g/mol. The molecule has 1 aromatic heterocycles. The fraction of sp³-hybridized carbons (Fsp3) is 0.545. The Kier molecular flexibility index (Phi) is 20.3. The summed E-state index contributed by atoms with van der Waals surface area (Å²) in [5.74, 6) is -0.305. The van der Waals surface area contributed by atoms with Crippen LogP contribution in [0.5, 0.6) is 0 Å². The van der Waals surface area contributed by atoms with Crippen LogP contribution in [-0.4, -0.2) is 49.4 Å². The topological polar surface area (TPSA) is 79.4 Å². The Labute approximate surface area is 209 Å². The molecule has 0 unspecified atom stereocenters. The number of aromatic nitrogens is 1. The van der Waals surface area contributed by atoms with E-state index in [1.54, 1.807) is 10.8 Å². The minimum Gasteiger partial charge on any atom is -0.353 e. The molecule has 0 aliphatic carbocycles. The normalized spacial score (nSPS) is 12.1. The largest absolute Gasteiger partial charge is 0.353 e. The average molecular weight is 582 g/mol. The number of imide groups is 1. The molecule has 176 valence electrons. The third-order valence-corrected chi connectivity index (χ3v) is 6.44. The van der Waals surface area contributed by atoms with E-state index < -0.39 is 0 Å². The van der Waals surface area contributed by atoms with Gasteiger partial charge in [0.05, 0.1) is 4.43 Å². The number of hydrogen-bond donors (Lipinski definition) is 1. The summed E-state index contributed by atoms with van der Waals surface area (Å²) in [6, 6.07) is 6.22. The van der Waals surface area contributed by atoms with Crippen LogP contribution in [0, 0.1) is 0 Å². The van der Waals surface area contributed by atoms with E-state index >= 15 is 0 Å². The Hall–Kier alpha value is -1.07. The van der Waals surface area contributed by atoms with Crippen LogP contribution in [0.3, 0.4) is 0 Å². The molecule has 31 heavy (non-hydrogen) atoms. The van der Waals surface area contributed by atoms with Crippen molar-refractivity contribution in [1.82, 2.24) is 15.2 Å². The van der Waals surface area contributed by atoms with Gasteiger partial charge < -0.3 is 5.32 Å². The maximum atomic E-state index is 10.8. The van der Waals surface area contributed by atoms with E-state index in [9.17, 15) is 14.4 Å². The van der Waals surface area contributed by atoms with Gasteiger partial charge in [-0.25, -0.2) is 4.98 Å². The first-order valence-electron chi connectivity index (χ1n) is 10.2. The molecule has 2 heterocycles. The van der Waals surface area contributed by atoms with Gasteiger partial charge in [0, 0.05) is 35.7 Å². The van der Waals surface area contributed by atoms with Crippen molar-refractivity contribution in [3.63, 3.8) is 0 Å². The van der Waals surface area contributed by atoms with E-state index in [-0.39, 0.29) is 29.8 Å². The van der Waals surface area contributed by atoms with E-state index in [2.05, 4.69) is 24.1 Å². The highest BCUT2D eigenvalue weighted by Crippen LogP contribution is 2.32. The first kappa shape index (κ1) is 32.1. The van der Waals surface area contributed by atoms with Gasteiger partial charge in [-0.2, -0.15) is 0 Å². The number of hydrogen-bond acceptors (Lipinski definition) is 6. The molecule has 0 radical (unpaired) electrons. The molecule has 0 aromatic carbocycles. The van der Waals surface area contributed by atoms with Crippen molar-refractivity contribution < 1.29 is 14.4 Å². The second-order valence-electron chi connectivity index (χ2n) is 6.73. The third kappa shape index (κ3) is 17.2. The molecule has 1 N–H and O–H groups in total. The molecule has 0 fully saturated rings. The number of nitrogens with zero attached hydrogens (tertiary/aromatic N) is 2. The van der Waals surface area contributed by atoms with Gasteiger partial charge in [-0.05, 0) is 50.6 Å². The maximum absolute atomic E-state index is 10.8. The van der Waals surface area contributed by atoms with Crippen molar-refractivity contribution in [2.75, 3.05) is 4.43 Å². The zero-order valence-corrected chi connectivity index (χ0v) is 23.5. The van der Waals surface area contributed by atoms with E-state index in [1.807, 2.05) is 99.3 Å². The highest BCUT2D eigenvalue weighted by atomic mass is 127. The van der Waals surface area contributed by atoms with Crippen molar-refractivity contribution >= 4 is 61.9 Å². The van der Waals surface area contributed by atoms with Crippen LogP contribution in [0.25, 0.3) is 0 Å². The predicted molar refractivity (Wildman–Crippen MR) is 142 cm³/mol. The van der Waals surface area contributed by atoms with E-state index in [4.69, 9.17) is 0 Å². The first-order chi connectivity index (χ1) is 14.6. The molecule has 0 saturated carbocycles. The summed E-state index contributed by atoms with van der Waals surface area (Å²) in [5, 5.41) is 4.49. The Morgan fingerprint density at radius 1 is 1.06 bits per heavy atom. The van der Waals surface area contributed by atoms with Crippen LogP contribution < -0.4 is 5.32 Å². The lowest BCUT2D eigenvalue weighted by Gasteiger charge is -2.17. The van der Waals surface area contributed by atoms with Gasteiger partial charge in [-0.1, -0.05) is 67.1 Å². The van der Waals surface area contributed by atoms with Gasteiger partial charge in [0.2, 0.25) is 5.91 Å². The van der Waals surface area contributed by atoms with Crippen molar-refractivity contribution in [3.05, 3.63) is 36.5 Å². The molecule has 2 rings (SSSR count). The number of halogens is 1. The summed E-state index contributed by atoms with van der Waals surface area (Å²) in [6.45, 7) is 15.9. The Morgan fingerprint density at radius 3 is 1.90 bits per heavy atom. The zero-order chi connectivity index (χ0) is 24.4. The van der Waals surface area contributed by atoms with Crippen LogP contribution in [0.2, 0.25) is 0 Å². The molecule has 0 bridgehead atoms. The lowest BCUT2D eigenvalue weighted by molar-refractivity contribution is -0.138. The highest BCUT2D eigenvalue weighted by Gasteiger charge is 2.25. The fourth-order valence-electron chi connectivity index (χ4n) is 1.82. The van der Waals surface area contributed by atoms with Gasteiger partial charge in [0.15, 0.2) is 0 Å². The van der Waals surface area contributed by atoms with Crippen molar-refractivity contribution in [1.29, 1.82) is 0 Å². The summed E-state index contributed by atoms with van der Waals surface area (Å²) in [7, 11) is 3.57. The van der Waals surface area contributed by atoms with Crippen LogP contribution in [0.15, 0.2) is 41.6 Å². The second kappa shape index (κ2) is 19.6. The Morgan fingerprint density at radius 2 is 1.61 bits per heavy atom. The zero-order valence-electron chi connectivity index (χ0n) is 19.7. The Balaban J connectivity index is 0. The highest BCUT2D eigenvalue weighted by molar-refractivity contribution is 14.1. The maximum Gasteiger partial charge on any atom is 0.253 e. The number of carbonyl (C=O) groups excluding carboxylic acids is 3. The third-order valence-electron chi connectivity index (χ3n) is 2.89. The van der Waals surface area contributed by atoms with Crippen molar-refractivity contribution in [2.45, 2.75) is 77.7 Å². The van der Waals surface area contributed by atoms with Gasteiger partial charge in [-0.3, -0.25) is 19.3 Å². The molecular weight excluding hydrogens is 545 g/mol. The molecule has 1 aromatic rings. The van der Waals surface area contributed by atoms with Crippen LogP contribution in [0.4, 0.5) is 0 Å². The van der Waals surface area contributed by atoms with Gasteiger partial charge in [0.25, 0.3) is 11.8 Å². The Bertz CT molecular complexity index is 651. The number of alkyl halides is 1. The van der Waals surface area contributed by atoms with Crippen molar-refractivity contribution in [2.24, 2.45) is 0 Å². The summed E-state index contributed by atoms with van der Waals surface area (Å²) < 4.78 is 0.552. The summed E-state index contributed by atoms with van der Waals surface area (Å²) in [4.78, 5) is 37.6. The fourth-order valence-corrected chi connectivity index (χ4v) is 3.74.